The van der Waals surface area contributed by atoms with Crippen molar-refractivity contribution in [3.05, 3.63) is 0 Å². The summed E-state index contributed by atoms with van der Waals surface area (Å²) in [5, 5.41) is 0. The molecule has 2 N–H and O–H groups in total. The smallest absolute Gasteiger partial charge is 0.726 e. The fourth-order valence-electron chi connectivity index (χ4n) is 0.191. The lowest BCUT2D eigenvalue weighted by Crippen LogP contribution is -2.23. The Labute approximate surface area is 55.2 Å². The Bertz CT molecular complexity index is 165. The van der Waals surface area contributed by atoms with Gasteiger partial charge in [-0.3, -0.25) is 4.18 Å². The van der Waals surface area contributed by atoms with E-state index in [1.165, 1.54) is 6.92 Å². The SMILES string of the molecule is C[C@@H](N)COS(=O)(=O)[O-].[H+]. The fourth-order valence-corrected chi connectivity index (χ4v) is 0.572. The lowest BCUT2D eigenvalue weighted by atomic mass is 10.4. The first-order valence-electron chi connectivity index (χ1n) is 2.27. The second kappa shape index (κ2) is 3.11. The number of hydrogen-bond donors (Lipinski definition) is 1. The molecule has 0 aromatic heterocycles. The van der Waals surface area contributed by atoms with E-state index in [0.717, 1.165) is 0 Å². The molecule has 0 radical (unpaired) electrons. The first-order valence-corrected chi connectivity index (χ1v) is 3.61. The van der Waals surface area contributed by atoms with Gasteiger partial charge in [0, 0.05) is 6.04 Å². The molecule has 0 aromatic carbocycles. The number of hydrogen-bond acceptors (Lipinski definition) is 5. The predicted molar refractivity (Wildman–Crippen MR) is 30.4 cm³/mol. The summed E-state index contributed by atoms with van der Waals surface area (Å²) in [7, 11) is -4.55. The summed E-state index contributed by atoms with van der Waals surface area (Å²) < 4.78 is 32.9. The van der Waals surface area contributed by atoms with Crippen molar-refractivity contribution in [1.82, 2.24) is 0 Å². The highest BCUT2D eigenvalue weighted by molar-refractivity contribution is 7.80. The molecule has 1 atom stereocenters. The highest BCUT2D eigenvalue weighted by atomic mass is 32.3. The molecule has 0 fully saturated rings. The van der Waals surface area contributed by atoms with E-state index >= 15 is 0 Å². The average molecular weight is 155 g/mol. The third kappa shape index (κ3) is 7.83. The monoisotopic (exact) mass is 155 g/mol. The van der Waals surface area contributed by atoms with Crippen LogP contribution in [-0.2, 0) is 14.6 Å². The van der Waals surface area contributed by atoms with Crippen LogP contribution >= 0.6 is 0 Å². The molecule has 0 aromatic rings. The molecule has 0 aliphatic rings. The van der Waals surface area contributed by atoms with Crippen molar-refractivity contribution in [2.24, 2.45) is 5.73 Å². The van der Waals surface area contributed by atoms with E-state index in [4.69, 9.17) is 5.73 Å². The minimum atomic E-state index is -4.55. The molecule has 0 amide bonds. The maximum Gasteiger partial charge on any atom is 1.00 e. The van der Waals surface area contributed by atoms with Crippen LogP contribution in [0.15, 0.2) is 0 Å². The van der Waals surface area contributed by atoms with Gasteiger partial charge in [-0.05, 0) is 6.92 Å². The van der Waals surface area contributed by atoms with Crippen molar-refractivity contribution in [3.8, 4) is 0 Å². The van der Waals surface area contributed by atoms with E-state index in [2.05, 4.69) is 4.18 Å². The molecule has 9 heavy (non-hydrogen) atoms. The molecular weight excluding hydrogens is 146 g/mol. The molecule has 0 rings (SSSR count). The Kier molecular flexibility index (Phi) is 3.06. The van der Waals surface area contributed by atoms with Gasteiger partial charge in [-0.2, -0.15) is 0 Å². The second-order valence-corrected chi connectivity index (χ2v) is 2.72. The molecule has 0 unspecified atom stereocenters. The van der Waals surface area contributed by atoms with Crippen LogP contribution in [0.4, 0.5) is 0 Å². The van der Waals surface area contributed by atoms with Crippen LogP contribution in [0.25, 0.3) is 0 Å². The maximum atomic E-state index is 9.70. The highest BCUT2D eigenvalue weighted by Crippen LogP contribution is 1.86. The van der Waals surface area contributed by atoms with Gasteiger partial charge in [0.05, 0.1) is 6.61 Å². The van der Waals surface area contributed by atoms with Crippen molar-refractivity contribution in [3.63, 3.8) is 0 Å². The van der Waals surface area contributed by atoms with Crippen LogP contribution in [0.1, 0.15) is 8.35 Å². The van der Waals surface area contributed by atoms with Crippen molar-refractivity contribution in [1.29, 1.82) is 0 Å². The summed E-state index contributed by atoms with van der Waals surface area (Å²) in [5.41, 5.74) is 5.07. The van der Waals surface area contributed by atoms with Crippen LogP contribution in [-0.4, -0.2) is 25.6 Å². The number of nitrogens with two attached hydrogens (primary N) is 1. The van der Waals surface area contributed by atoms with Gasteiger partial charge in [-0.1, -0.05) is 0 Å². The zero-order valence-electron chi connectivity index (χ0n) is 5.90. The lowest BCUT2D eigenvalue weighted by Gasteiger charge is -2.08. The van der Waals surface area contributed by atoms with E-state index in [-0.39, 0.29) is 8.03 Å². The Morgan fingerprint density at radius 2 is 2.33 bits per heavy atom. The lowest BCUT2D eigenvalue weighted by molar-refractivity contribution is 0.249. The van der Waals surface area contributed by atoms with Gasteiger partial charge in [0.15, 0.2) is 0 Å². The third-order valence-corrected chi connectivity index (χ3v) is 0.900. The maximum absolute atomic E-state index is 9.70. The Balaban J connectivity index is 0. The quantitative estimate of drug-likeness (QED) is 0.413. The molecule has 5 nitrogen and oxygen atoms in total. The topological polar surface area (TPSA) is 92.5 Å². The molecule has 0 saturated carbocycles. The molecule has 6 heteroatoms. The van der Waals surface area contributed by atoms with Crippen LogP contribution in [0.3, 0.4) is 0 Å². The van der Waals surface area contributed by atoms with E-state index in [1.54, 1.807) is 0 Å². The molecule has 0 bridgehead atoms. The zero-order valence-corrected chi connectivity index (χ0v) is 5.72. The Morgan fingerprint density at radius 1 is 1.89 bits per heavy atom. The van der Waals surface area contributed by atoms with Gasteiger partial charge in [-0.25, -0.2) is 8.42 Å². The standard InChI is InChI=1S/C3H9NO4S/c1-3(4)2-8-9(5,6)7/h3H,2,4H2,1H3,(H,5,6,7)/t3-/m1/s1. The molecular formula is C3H9NO4S. The molecule has 56 valence electrons. The fraction of sp³-hybridized carbons (Fsp3) is 1.00. The molecule has 0 aliphatic carbocycles. The van der Waals surface area contributed by atoms with Gasteiger partial charge in [0.1, 0.15) is 0 Å². The summed E-state index contributed by atoms with van der Waals surface area (Å²) in [6.07, 6.45) is 0. The van der Waals surface area contributed by atoms with E-state index < -0.39 is 16.4 Å². The molecule has 0 spiro atoms. The second-order valence-electron chi connectivity index (χ2n) is 1.67. The van der Waals surface area contributed by atoms with Crippen LogP contribution in [0.2, 0.25) is 0 Å². The van der Waals surface area contributed by atoms with Crippen molar-refractivity contribution < 1.29 is 18.6 Å². The summed E-state index contributed by atoms with van der Waals surface area (Å²) in [6.45, 7) is 1.27. The number of rotatable bonds is 3. The molecule has 0 saturated heterocycles. The van der Waals surface area contributed by atoms with Crippen molar-refractivity contribution in [2.45, 2.75) is 13.0 Å². The average Bonchev–Trinajstić information content (AvgIpc) is 1.59. The third-order valence-electron chi connectivity index (χ3n) is 0.475. The highest BCUT2D eigenvalue weighted by Gasteiger charge is 1.96. The normalized spacial score (nSPS) is 15.4. The van der Waals surface area contributed by atoms with E-state index in [1.807, 2.05) is 0 Å². The Hall–Kier alpha value is -0.170. The van der Waals surface area contributed by atoms with Gasteiger partial charge in [-0.15, -0.1) is 0 Å². The van der Waals surface area contributed by atoms with Crippen LogP contribution in [0, 0.1) is 0 Å². The van der Waals surface area contributed by atoms with Gasteiger partial charge < -0.3 is 10.3 Å². The van der Waals surface area contributed by atoms with Crippen LogP contribution < -0.4 is 5.73 Å². The first kappa shape index (κ1) is 8.83. The summed E-state index contributed by atoms with van der Waals surface area (Å²) in [4.78, 5) is 0. The largest absolute Gasteiger partial charge is 1.00 e. The predicted octanol–water partition coefficient (Wildman–Crippen LogP) is -1.08. The minimum Gasteiger partial charge on any atom is -0.726 e. The summed E-state index contributed by atoms with van der Waals surface area (Å²) >= 11 is 0. The van der Waals surface area contributed by atoms with E-state index in [9.17, 15) is 13.0 Å². The van der Waals surface area contributed by atoms with Gasteiger partial charge in [0.25, 0.3) is 0 Å². The molecule has 0 aliphatic heterocycles. The van der Waals surface area contributed by atoms with Gasteiger partial charge in [0.2, 0.25) is 10.4 Å². The first-order chi connectivity index (χ1) is 3.92. The summed E-state index contributed by atoms with van der Waals surface area (Å²) in [6, 6.07) is -0.436. The van der Waals surface area contributed by atoms with Crippen molar-refractivity contribution in [2.75, 3.05) is 6.61 Å². The Morgan fingerprint density at radius 3 is 2.44 bits per heavy atom. The van der Waals surface area contributed by atoms with E-state index in [0.29, 0.717) is 0 Å². The van der Waals surface area contributed by atoms with Crippen LogP contribution in [0.5, 0.6) is 0 Å². The van der Waals surface area contributed by atoms with Crippen molar-refractivity contribution >= 4 is 10.4 Å². The summed E-state index contributed by atoms with van der Waals surface area (Å²) in [5.74, 6) is 0. The zero-order chi connectivity index (χ0) is 7.49. The molecule has 0 heterocycles. The van der Waals surface area contributed by atoms with Gasteiger partial charge >= 0.3 is 1.43 Å². The minimum absolute atomic E-state index is 0.